The molecular formula is C17H20ClNO3. The number of benzene rings is 1. The van der Waals surface area contributed by atoms with E-state index in [9.17, 15) is 9.90 Å². The first kappa shape index (κ1) is 16.6. The summed E-state index contributed by atoms with van der Waals surface area (Å²) in [7, 11) is 0. The lowest BCUT2D eigenvalue weighted by atomic mass is 9.96. The number of hydrogen-bond acceptors (Lipinski definition) is 3. The zero-order valence-electron chi connectivity index (χ0n) is 12.9. The zero-order chi connectivity index (χ0) is 16.3. The van der Waals surface area contributed by atoms with Crippen LogP contribution in [0.25, 0.3) is 0 Å². The van der Waals surface area contributed by atoms with Gasteiger partial charge in [-0.05, 0) is 44.5 Å². The summed E-state index contributed by atoms with van der Waals surface area (Å²) < 4.78 is 5.43. The Hall–Kier alpha value is -1.78. The molecule has 0 saturated carbocycles. The van der Waals surface area contributed by atoms with Crippen molar-refractivity contribution in [2.45, 2.75) is 32.8 Å². The largest absolute Gasteiger partial charge is 0.466 e. The van der Waals surface area contributed by atoms with E-state index in [1.54, 1.807) is 32.0 Å². The van der Waals surface area contributed by atoms with Crippen molar-refractivity contribution < 1.29 is 14.3 Å². The van der Waals surface area contributed by atoms with Crippen LogP contribution < -0.4 is 5.32 Å². The highest BCUT2D eigenvalue weighted by atomic mass is 35.5. The maximum Gasteiger partial charge on any atom is 0.224 e. The highest BCUT2D eigenvalue weighted by Crippen LogP contribution is 2.26. The predicted molar refractivity (Wildman–Crippen MR) is 85.9 cm³/mol. The first-order valence-corrected chi connectivity index (χ1v) is 7.47. The number of amides is 1. The Bertz CT molecular complexity index is 659. The predicted octanol–water partition coefficient (Wildman–Crippen LogP) is 3.12. The summed E-state index contributed by atoms with van der Waals surface area (Å²) in [4.78, 5) is 12.0. The van der Waals surface area contributed by atoms with Crippen molar-refractivity contribution in [3.8, 4) is 0 Å². The van der Waals surface area contributed by atoms with Crippen LogP contribution in [0.5, 0.6) is 0 Å². The quantitative estimate of drug-likeness (QED) is 0.889. The third-order valence-corrected chi connectivity index (χ3v) is 3.78. The van der Waals surface area contributed by atoms with Gasteiger partial charge in [0.2, 0.25) is 5.91 Å². The second-order valence-corrected chi connectivity index (χ2v) is 6.12. The fourth-order valence-electron chi connectivity index (χ4n) is 2.38. The Morgan fingerprint density at radius 2 is 1.95 bits per heavy atom. The number of aryl methyl sites for hydroxylation is 2. The molecule has 0 saturated heterocycles. The number of carbonyl (C=O) groups excluding carboxylic acids is 1. The Balaban J connectivity index is 1.95. The average molecular weight is 322 g/mol. The van der Waals surface area contributed by atoms with Crippen molar-refractivity contribution >= 4 is 17.5 Å². The monoisotopic (exact) mass is 321 g/mol. The number of halogens is 1. The number of aliphatic hydroxyl groups is 1. The summed E-state index contributed by atoms with van der Waals surface area (Å²) >= 11 is 5.81. The molecule has 2 aromatic rings. The van der Waals surface area contributed by atoms with Gasteiger partial charge in [0.15, 0.2) is 0 Å². The topological polar surface area (TPSA) is 62.5 Å². The minimum atomic E-state index is -1.17. The number of nitrogens with one attached hydrogen (secondary N) is 1. The fraction of sp³-hybridized carbons (Fsp3) is 0.353. The highest BCUT2D eigenvalue weighted by molar-refractivity contribution is 6.30. The molecule has 0 aliphatic heterocycles. The van der Waals surface area contributed by atoms with Gasteiger partial charge in [0.1, 0.15) is 17.1 Å². The maximum atomic E-state index is 12.0. The van der Waals surface area contributed by atoms with Crippen LogP contribution in [0.1, 0.15) is 29.6 Å². The van der Waals surface area contributed by atoms with Crippen LogP contribution in [-0.2, 0) is 16.8 Å². The van der Waals surface area contributed by atoms with Gasteiger partial charge in [0, 0.05) is 10.6 Å². The van der Waals surface area contributed by atoms with Crippen LogP contribution in [0, 0.1) is 13.8 Å². The minimum absolute atomic E-state index is 0.124. The van der Waals surface area contributed by atoms with E-state index in [-0.39, 0.29) is 18.9 Å². The van der Waals surface area contributed by atoms with Gasteiger partial charge >= 0.3 is 0 Å². The Morgan fingerprint density at radius 3 is 2.50 bits per heavy atom. The summed E-state index contributed by atoms with van der Waals surface area (Å²) in [6, 6.07) is 8.91. The van der Waals surface area contributed by atoms with E-state index < -0.39 is 5.60 Å². The van der Waals surface area contributed by atoms with Crippen LogP contribution in [-0.4, -0.2) is 17.6 Å². The van der Waals surface area contributed by atoms with Crippen LogP contribution in [0.2, 0.25) is 5.02 Å². The molecule has 2 rings (SSSR count). The third kappa shape index (κ3) is 4.12. The summed E-state index contributed by atoms with van der Waals surface area (Å²) in [5, 5.41) is 13.9. The second-order valence-electron chi connectivity index (χ2n) is 5.68. The molecule has 1 heterocycles. The molecule has 0 bridgehead atoms. The highest BCUT2D eigenvalue weighted by Gasteiger charge is 2.28. The Morgan fingerprint density at radius 1 is 1.32 bits per heavy atom. The Kier molecular flexibility index (Phi) is 4.94. The van der Waals surface area contributed by atoms with Crippen LogP contribution >= 0.6 is 11.6 Å². The van der Waals surface area contributed by atoms with E-state index >= 15 is 0 Å². The molecule has 118 valence electrons. The number of carbonyl (C=O) groups is 1. The van der Waals surface area contributed by atoms with Gasteiger partial charge < -0.3 is 14.8 Å². The van der Waals surface area contributed by atoms with Gasteiger partial charge in [-0.2, -0.15) is 0 Å². The summed E-state index contributed by atoms with van der Waals surface area (Å²) in [5.41, 5.74) is 0.394. The molecule has 4 nitrogen and oxygen atoms in total. The molecule has 1 atom stereocenters. The molecular weight excluding hydrogens is 302 g/mol. The van der Waals surface area contributed by atoms with Crippen molar-refractivity contribution in [1.82, 2.24) is 5.32 Å². The van der Waals surface area contributed by atoms with E-state index in [2.05, 4.69) is 5.32 Å². The summed E-state index contributed by atoms with van der Waals surface area (Å²) in [6.45, 7) is 5.41. The third-order valence-electron chi connectivity index (χ3n) is 3.53. The van der Waals surface area contributed by atoms with Gasteiger partial charge in [-0.25, -0.2) is 0 Å². The van der Waals surface area contributed by atoms with Crippen molar-refractivity contribution in [3.63, 3.8) is 0 Å². The average Bonchev–Trinajstić information content (AvgIpc) is 2.79. The maximum absolute atomic E-state index is 12.0. The molecule has 0 spiro atoms. The molecule has 1 unspecified atom stereocenters. The molecule has 2 N–H and O–H groups in total. The van der Waals surface area contributed by atoms with Crippen LogP contribution in [0.3, 0.4) is 0 Å². The summed E-state index contributed by atoms with van der Waals surface area (Å²) in [5.74, 6) is 1.25. The van der Waals surface area contributed by atoms with E-state index in [1.165, 1.54) is 0 Å². The smallest absolute Gasteiger partial charge is 0.224 e. The van der Waals surface area contributed by atoms with Crippen molar-refractivity contribution in [1.29, 1.82) is 0 Å². The van der Waals surface area contributed by atoms with E-state index in [4.69, 9.17) is 16.0 Å². The minimum Gasteiger partial charge on any atom is -0.466 e. The number of furan rings is 1. The lowest BCUT2D eigenvalue weighted by Crippen LogP contribution is -2.39. The molecule has 1 amide bonds. The first-order chi connectivity index (χ1) is 10.3. The molecule has 0 aliphatic carbocycles. The summed E-state index contributed by atoms with van der Waals surface area (Å²) in [6.07, 6.45) is 0.247. The molecule has 22 heavy (non-hydrogen) atoms. The van der Waals surface area contributed by atoms with E-state index in [0.717, 1.165) is 11.3 Å². The van der Waals surface area contributed by atoms with Gasteiger partial charge in [-0.3, -0.25) is 4.79 Å². The molecule has 5 heteroatoms. The second kappa shape index (κ2) is 6.55. The van der Waals surface area contributed by atoms with Gasteiger partial charge in [-0.15, -0.1) is 0 Å². The van der Waals surface area contributed by atoms with Crippen molar-refractivity contribution in [2.24, 2.45) is 0 Å². The van der Waals surface area contributed by atoms with E-state index in [0.29, 0.717) is 16.3 Å². The molecule has 0 fully saturated rings. The van der Waals surface area contributed by atoms with Crippen molar-refractivity contribution in [3.05, 3.63) is 58.0 Å². The molecule has 1 aromatic carbocycles. The SMILES string of the molecule is Cc1cc(C(C)(O)CNC(=O)Cc2ccc(Cl)cc2)c(C)o1. The van der Waals surface area contributed by atoms with Crippen LogP contribution in [0.15, 0.2) is 34.7 Å². The fourth-order valence-corrected chi connectivity index (χ4v) is 2.51. The zero-order valence-corrected chi connectivity index (χ0v) is 13.7. The standard InChI is InChI=1S/C17H20ClNO3/c1-11-8-15(12(2)22-11)17(3,21)10-19-16(20)9-13-4-6-14(18)7-5-13/h4-8,21H,9-10H2,1-3H3,(H,19,20). The Labute approximate surface area is 135 Å². The molecule has 1 aromatic heterocycles. The lowest BCUT2D eigenvalue weighted by molar-refractivity contribution is -0.121. The molecule has 0 radical (unpaired) electrons. The lowest BCUT2D eigenvalue weighted by Gasteiger charge is -2.23. The molecule has 0 aliphatic rings. The van der Waals surface area contributed by atoms with Crippen LogP contribution in [0.4, 0.5) is 0 Å². The van der Waals surface area contributed by atoms with Gasteiger partial charge in [0.25, 0.3) is 0 Å². The van der Waals surface area contributed by atoms with Gasteiger partial charge in [0.05, 0.1) is 13.0 Å². The normalized spacial score (nSPS) is 13.7. The van der Waals surface area contributed by atoms with E-state index in [1.807, 2.05) is 19.1 Å². The van der Waals surface area contributed by atoms with Gasteiger partial charge in [-0.1, -0.05) is 23.7 Å². The first-order valence-electron chi connectivity index (χ1n) is 7.09. The number of rotatable bonds is 5. The number of hydrogen-bond donors (Lipinski definition) is 2. The van der Waals surface area contributed by atoms with Crippen molar-refractivity contribution in [2.75, 3.05) is 6.54 Å².